The molecule has 0 aromatic heterocycles. The minimum atomic E-state index is -1.07. The summed E-state index contributed by atoms with van der Waals surface area (Å²) in [5.74, 6) is 4.24. The maximum absolute atomic E-state index is 10.6. The van der Waals surface area contributed by atoms with E-state index in [-0.39, 0.29) is 17.7 Å². The van der Waals surface area contributed by atoms with Gasteiger partial charge in [0.05, 0.1) is 12.0 Å². The Morgan fingerprint density at radius 1 is 1.53 bits per heavy atom. The molecule has 0 aliphatic heterocycles. The van der Waals surface area contributed by atoms with Gasteiger partial charge in [-0.1, -0.05) is 11.8 Å². The highest BCUT2D eigenvalue weighted by Gasteiger charge is 2.06. The number of nitrogens with two attached hydrogens (primary N) is 1. The van der Waals surface area contributed by atoms with E-state index in [1.165, 1.54) is 12.1 Å². The number of rotatable bonds is 2. The molecular weight excluding hydrogens is 194 g/mol. The SMILES string of the molecule is Nc1cc(C#CCC=O)ccc1C(=O)O. The molecule has 0 aliphatic carbocycles. The summed E-state index contributed by atoms with van der Waals surface area (Å²) in [7, 11) is 0. The minimum Gasteiger partial charge on any atom is -0.478 e. The van der Waals surface area contributed by atoms with Crippen molar-refractivity contribution in [2.75, 3.05) is 5.73 Å². The first-order valence-electron chi connectivity index (χ1n) is 4.20. The summed E-state index contributed by atoms with van der Waals surface area (Å²) in [6.07, 6.45) is 0.850. The average Bonchev–Trinajstić information content (AvgIpc) is 2.17. The first kappa shape index (κ1) is 10.8. The maximum atomic E-state index is 10.6. The fraction of sp³-hybridized carbons (Fsp3) is 0.0909. The summed E-state index contributed by atoms with van der Waals surface area (Å²) in [5.41, 5.74) is 6.32. The van der Waals surface area contributed by atoms with E-state index >= 15 is 0 Å². The zero-order valence-electron chi connectivity index (χ0n) is 7.86. The lowest BCUT2D eigenvalue weighted by atomic mass is 10.1. The normalized spacial score (nSPS) is 8.80. The molecule has 4 nitrogen and oxygen atoms in total. The highest BCUT2D eigenvalue weighted by atomic mass is 16.4. The Hall–Kier alpha value is -2.28. The number of aromatic carboxylic acids is 1. The molecule has 0 atom stereocenters. The summed E-state index contributed by atoms with van der Waals surface area (Å²) in [6.45, 7) is 0. The lowest BCUT2D eigenvalue weighted by Gasteiger charge is -1.99. The first-order chi connectivity index (χ1) is 7.15. The molecule has 76 valence electrons. The number of carboxylic acid groups (broad SMARTS) is 1. The van der Waals surface area contributed by atoms with E-state index < -0.39 is 5.97 Å². The summed E-state index contributed by atoms with van der Waals surface area (Å²) in [6, 6.07) is 4.42. The molecule has 0 radical (unpaired) electrons. The van der Waals surface area contributed by atoms with Crippen LogP contribution in [0.1, 0.15) is 22.3 Å². The van der Waals surface area contributed by atoms with Crippen molar-refractivity contribution in [2.24, 2.45) is 0 Å². The molecule has 1 aromatic rings. The third kappa shape index (κ3) is 2.85. The van der Waals surface area contributed by atoms with Gasteiger partial charge in [0, 0.05) is 11.3 Å². The van der Waals surface area contributed by atoms with Gasteiger partial charge in [0.25, 0.3) is 0 Å². The Bertz CT molecular complexity index is 455. The number of benzene rings is 1. The largest absolute Gasteiger partial charge is 0.478 e. The van der Waals surface area contributed by atoms with Gasteiger partial charge >= 0.3 is 5.97 Å². The van der Waals surface area contributed by atoms with Crippen molar-refractivity contribution in [3.05, 3.63) is 29.3 Å². The van der Waals surface area contributed by atoms with Crippen LogP contribution in [0.3, 0.4) is 0 Å². The van der Waals surface area contributed by atoms with Crippen molar-refractivity contribution in [3.8, 4) is 11.8 Å². The molecule has 3 N–H and O–H groups in total. The number of hydrogen-bond donors (Lipinski definition) is 2. The molecule has 0 saturated carbocycles. The molecule has 0 spiro atoms. The summed E-state index contributed by atoms with van der Waals surface area (Å²) in [4.78, 5) is 20.6. The summed E-state index contributed by atoms with van der Waals surface area (Å²) >= 11 is 0. The van der Waals surface area contributed by atoms with E-state index in [1.807, 2.05) is 0 Å². The van der Waals surface area contributed by atoms with E-state index in [0.717, 1.165) is 0 Å². The third-order valence-electron chi connectivity index (χ3n) is 1.70. The van der Waals surface area contributed by atoms with Crippen molar-refractivity contribution >= 4 is 17.9 Å². The predicted molar refractivity (Wildman–Crippen MR) is 55.4 cm³/mol. The van der Waals surface area contributed by atoms with Crippen molar-refractivity contribution in [1.82, 2.24) is 0 Å². The van der Waals surface area contributed by atoms with Gasteiger partial charge in [0.2, 0.25) is 0 Å². The van der Waals surface area contributed by atoms with Crippen LogP contribution >= 0.6 is 0 Å². The van der Waals surface area contributed by atoms with Crippen LogP contribution in [0.15, 0.2) is 18.2 Å². The van der Waals surface area contributed by atoms with Gasteiger partial charge in [-0.3, -0.25) is 0 Å². The van der Waals surface area contributed by atoms with E-state index in [9.17, 15) is 9.59 Å². The van der Waals surface area contributed by atoms with Gasteiger partial charge < -0.3 is 15.6 Å². The van der Waals surface area contributed by atoms with Gasteiger partial charge in [-0.15, -0.1) is 0 Å². The van der Waals surface area contributed by atoms with Crippen LogP contribution in [0.4, 0.5) is 5.69 Å². The zero-order valence-corrected chi connectivity index (χ0v) is 7.86. The Kier molecular flexibility index (Phi) is 3.47. The second-order valence-corrected chi connectivity index (χ2v) is 2.78. The molecular formula is C11H9NO3. The Morgan fingerprint density at radius 3 is 2.80 bits per heavy atom. The Labute approximate surface area is 86.7 Å². The smallest absolute Gasteiger partial charge is 0.337 e. The molecule has 0 bridgehead atoms. The van der Waals surface area contributed by atoms with Crippen LogP contribution in [0.2, 0.25) is 0 Å². The van der Waals surface area contributed by atoms with Gasteiger partial charge in [-0.2, -0.15) is 0 Å². The van der Waals surface area contributed by atoms with Gasteiger partial charge in [0.1, 0.15) is 6.29 Å². The standard InChI is InChI=1S/C11H9NO3/c12-10-7-8(3-1-2-6-13)4-5-9(10)11(14)15/h4-7H,2,12H2,(H,14,15). The molecule has 4 heteroatoms. The molecule has 1 rings (SSSR count). The molecule has 0 unspecified atom stereocenters. The lowest BCUT2D eigenvalue weighted by Crippen LogP contribution is -2.02. The van der Waals surface area contributed by atoms with E-state index in [4.69, 9.17) is 10.8 Å². The lowest BCUT2D eigenvalue weighted by molar-refractivity contribution is -0.107. The van der Waals surface area contributed by atoms with Crippen molar-refractivity contribution < 1.29 is 14.7 Å². The monoisotopic (exact) mass is 203 g/mol. The summed E-state index contributed by atoms with van der Waals surface area (Å²) < 4.78 is 0. The molecule has 0 aliphatic rings. The first-order valence-corrected chi connectivity index (χ1v) is 4.20. The van der Waals surface area contributed by atoms with Gasteiger partial charge in [0.15, 0.2) is 0 Å². The zero-order chi connectivity index (χ0) is 11.3. The molecule has 1 aromatic carbocycles. The Balaban J connectivity index is 2.98. The molecule has 0 heterocycles. The van der Waals surface area contributed by atoms with Gasteiger partial charge in [-0.25, -0.2) is 4.79 Å². The number of nitrogen functional groups attached to an aromatic ring is 1. The Morgan fingerprint density at radius 2 is 2.27 bits per heavy atom. The third-order valence-corrected chi connectivity index (χ3v) is 1.70. The fourth-order valence-electron chi connectivity index (χ4n) is 1.03. The summed E-state index contributed by atoms with van der Waals surface area (Å²) in [5, 5.41) is 8.71. The molecule has 0 amide bonds. The van der Waals surface area contributed by atoms with E-state index in [2.05, 4.69) is 11.8 Å². The van der Waals surface area contributed by atoms with Crippen LogP contribution < -0.4 is 5.73 Å². The molecule has 0 saturated heterocycles. The van der Waals surface area contributed by atoms with Crippen LogP contribution in [0.25, 0.3) is 0 Å². The van der Waals surface area contributed by atoms with Crippen molar-refractivity contribution in [3.63, 3.8) is 0 Å². The van der Waals surface area contributed by atoms with E-state index in [0.29, 0.717) is 11.8 Å². The number of aldehydes is 1. The fourth-order valence-corrected chi connectivity index (χ4v) is 1.03. The maximum Gasteiger partial charge on any atom is 0.337 e. The quantitative estimate of drug-likeness (QED) is 0.425. The number of anilines is 1. The highest BCUT2D eigenvalue weighted by Crippen LogP contribution is 2.13. The van der Waals surface area contributed by atoms with Gasteiger partial charge in [-0.05, 0) is 18.2 Å². The number of carbonyl (C=O) groups excluding carboxylic acids is 1. The average molecular weight is 203 g/mol. The van der Waals surface area contributed by atoms with Crippen LogP contribution in [0.5, 0.6) is 0 Å². The molecule has 15 heavy (non-hydrogen) atoms. The second kappa shape index (κ2) is 4.82. The number of hydrogen-bond acceptors (Lipinski definition) is 3. The second-order valence-electron chi connectivity index (χ2n) is 2.78. The number of carboxylic acids is 1. The van der Waals surface area contributed by atoms with Crippen LogP contribution in [-0.4, -0.2) is 17.4 Å². The van der Waals surface area contributed by atoms with E-state index in [1.54, 1.807) is 6.07 Å². The molecule has 0 fully saturated rings. The minimum absolute atomic E-state index is 0.0518. The number of carbonyl (C=O) groups is 2. The topological polar surface area (TPSA) is 80.4 Å². The van der Waals surface area contributed by atoms with Crippen LogP contribution in [-0.2, 0) is 4.79 Å². The van der Waals surface area contributed by atoms with Crippen molar-refractivity contribution in [2.45, 2.75) is 6.42 Å². The highest BCUT2D eigenvalue weighted by molar-refractivity contribution is 5.93. The van der Waals surface area contributed by atoms with Crippen LogP contribution in [0, 0.1) is 11.8 Å². The van der Waals surface area contributed by atoms with Crippen molar-refractivity contribution in [1.29, 1.82) is 0 Å². The predicted octanol–water partition coefficient (Wildman–Crippen LogP) is 0.907.